The SMILES string of the molecule is Cc1ccc(NC(=O)C2CCC(N3C(=O)[C@@H]4[C@H]5C=C[C@@H]([C@@H]6C[C@H]56)[C@H]4C3=O)CC2)cc1Cl. The first-order chi connectivity index (χ1) is 14.9. The smallest absolute Gasteiger partial charge is 0.233 e. The molecule has 6 atom stereocenters. The van der Waals surface area contributed by atoms with Crippen molar-refractivity contribution in [1.82, 2.24) is 4.90 Å². The number of hydrogen-bond acceptors (Lipinski definition) is 3. The molecule has 0 spiro atoms. The van der Waals surface area contributed by atoms with Crippen LogP contribution < -0.4 is 5.32 Å². The molecule has 1 heterocycles. The highest BCUT2D eigenvalue weighted by Gasteiger charge is 2.67. The lowest BCUT2D eigenvalue weighted by atomic mass is 9.63. The molecule has 7 rings (SSSR count). The van der Waals surface area contributed by atoms with E-state index in [0.717, 1.165) is 5.56 Å². The predicted molar refractivity (Wildman–Crippen MR) is 117 cm³/mol. The first-order valence-electron chi connectivity index (χ1n) is 11.6. The summed E-state index contributed by atoms with van der Waals surface area (Å²) in [7, 11) is 0. The standard InChI is InChI=1S/C25H27ClN2O3/c1-12-2-5-14(10-20(12)26)27-23(29)13-3-6-15(7-4-13)28-24(30)21-16-8-9-17(19-11-18(16)19)22(21)25(28)31/h2,5,8-10,13,15-19,21-22H,3-4,6-7,11H2,1H3,(H,27,29)/t13?,15?,16-,17-,18-,19+,21+,22+/m0/s1. The summed E-state index contributed by atoms with van der Waals surface area (Å²) in [4.78, 5) is 41.0. The van der Waals surface area contributed by atoms with Gasteiger partial charge in [-0.25, -0.2) is 0 Å². The number of halogens is 1. The van der Waals surface area contributed by atoms with E-state index in [1.165, 1.54) is 6.42 Å². The van der Waals surface area contributed by atoms with Crippen LogP contribution in [0.4, 0.5) is 5.69 Å². The Labute approximate surface area is 187 Å². The number of allylic oxidation sites excluding steroid dienone is 2. The third-order valence-electron chi connectivity index (χ3n) is 8.57. The summed E-state index contributed by atoms with van der Waals surface area (Å²) in [5.74, 6) is 1.55. The van der Waals surface area contributed by atoms with Crippen LogP contribution in [-0.4, -0.2) is 28.7 Å². The number of aryl methyl sites for hydroxylation is 1. The van der Waals surface area contributed by atoms with Crippen molar-refractivity contribution >= 4 is 35.0 Å². The van der Waals surface area contributed by atoms with Gasteiger partial charge in [-0.15, -0.1) is 0 Å². The van der Waals surface area contributed by atoms with E-state index in [4.69, 9.17) is 11.6 Å². The molecule has 1 aliphatic heterocycles. The van der Waals surface area contributed by atoms with Crippen molar-refractivity contribution in [2.75, 3.05) is 5.32 Å². The van der Waals surface area contributed by atoms with E-state index in [2.05, 4.69) is 17.5 Å². The minimum Gasteiger partial charge on any atom is -0.326 e. The molecule has 1 N–H and O–H groups in total. The second-order valence-corrected chi connectivity index (χ2v) is 10.6. The monoisotopic (exact) mass is 438 g/mol. The van der Waals surface area contributed by atoms with Crippen LogP contribution in [0.15, 0.2) is 30.4 Å². The van der Waals surface area contributed by atoms with Crippen LogP contribution in [0.1, 0.15) is 37.7 Å². The van der Waals surface area contributed by atoms with Gasteiger partial charge in [-0.2, -0.15) is 0 Å². The minimum atomic E-state index is -0.126. The molecule has 0 radical (unpaired) electrons. The summed E-state index contributed by atoms with van der Waals surface area (Å²) in [6.45, 7) is 1.93. The number of benzene rings is 1. The van der Waals surface area contributed by atoms with Gasteiger partial charge in [0.2, 0.25) is 17.7 Å². The van der Waals surface area contributed by atoms with Crippen molar-refractivity contribution in [3.63, 3.8) is 0 Å². The topological polar surface area (TPSA) is 66.5 Å². The second kappa shape index (κ2) is 6.93. The molecular weight excluding hydrogens is 412 g/mol. The maximum atomic E-state index is 13.3. The van der Waals surface area contributed by atoms with Crippen LogP contribution in [0.5, 0.6) is 0 Å². The number of rotatable bonds is 3. The van der Waals surface area contributed by atoms with Gasteiger partial charge in [0.15, 0.2) is 0 Å². The molecule has 1 aromatic carbocycles. The highest BCUT2D eigenvalue weighted by Crippen LogP contribution is 2.65. The fraction of sp³-hybridized carbons (Fsp3) is 0.560. The third-order valence-corrected chi connectivity index (χ3v) is 8.98. The Hall–Kier alpha value is -2.14. The van der Waals surface area contributed by atoms with Crippen molar-refractivity contribution in [2.45, 2.75) is 45.1 Å². The first-order valence-corrected chi connectivity index (χ1v) is 11.9. The van der Waals surface area contributed by atoms with E-state index in [1.54, 1.807) is 11.0 Å². The van der Waals surface area contributed by atoms with Crippen molar-refractivity contribution in [2.24, 2.45) is 41.4 Å². The van der Waals surface area contributed by atoms with Gasteiger partial charge in [-0.3, -0.25) is 19.3 Å². The number of likely N-dealkylation sites (tertiary alicyclic amines) is 1. The van der Waals surface area contributed by atoms with E-state index < -0.39 is 0 Å². The van der Waals surface area contributed by atoms with Gasteiger partial charge >= 0.3 is 0 Å². The number of imide groups is 1. The average molecular weight is 439 g/mol. The van der Waals surface area contributed by atoms with Crippen molar-refractivity contribution < 1.29 is 14.4 Å². The van der Waals surface area contributed by atoms with Crippen molar-refractivity contribution in [3.8, 4) is 0 Å². The van der Waals surface area contributed by atoms with E-state index in [0.29, 0.717) is 48.2 Å². The summed E-state index contributed by atoms with van der Waals surface area (Å²) >= 11 is 6.17. The molecule has 1 saturated heterocycles. The first kappa shape index (κ1) is 19.5. The molecule has 5 aliphatic carbocycles. The largest absolute Gasteiger partial charge is 0.326 e. The predicted octanol–water partition coefficient (Wildman–Crippen LogP) is 4.20. The molecule has 0 aromatic heterocycles. The Bertz CT molecular complexity index is 976. The molecular formula is C25H27ClN2O3. The molecule has 1 aromatic rings. The van der Waals surface area contributed by atoms with Crippen molar-refractivity contribution in [3.05, 3.63) is 40.9 Å². The highest BCUT2D eigenvalue weighted by molar-refractivity contribution is 6.31. The van der Waals surface area contributed by atoms with Gasteiger partial charge in [0.25, 0.3) is 0 Å². The molecule has 2 bridgehead atoms. The van der Waals surface area contributed by atoms with Crippen LogP contribution in [0.3, 0.4) is 0 Å². The van der Waals surface area contributed by atoms with Gasteiger partial charge in [-0.05, 0) is 80.4 Å². The summed E-state index contributed by atoms with van der Waals surface area (Å²) in [6.07, 6.45) is 8.42. The van der Waals surface area contributed by atoms with Crippen LogP contribution >= 0.6 is 11.6 Å². The van der Waals surface area contributed by atoms with Gasteiger partial charge in [0.1, 0.15) is 0 Å². The number of carbonyl (C=O) groups excluding carboxylic acids is 3. The summed E-state index contributed by atoms with van der Waals surface area (Å²) in [5.41, 5.74) is 1.68. The number of hydrogen-bond donors (Lipinski definition) is 1. The van der Waals surface area contributed by atoms with E-state index >= 15 is 0 Å². The lowest BCUT2D eigenvalue weighted by Gasteiger charge is -2.37. The maximum Gasteiger partial charge on any atom is 0.233 e. The zero-order chi connectivity index (χ0) is 21.4. The summed E-state index contributed by atoms with van der Waals surface area (Å²) < 4.78 is 0. The Morgan fingerprint density at radius 2 is 1.61 bits per heavy atom. The maximum absolute atomic E-state index is 13.3. The van der Waals surface area contributed by atoms with Crippen LogP contribution in [-0.2, 0) is 14.4 Å². The zero-order valence-corrected chi connectivity index (χ0v) is 18.3. The zero-order valence-electron chi connectivity index (χ0n) is 17.6. The number of nitrogens with one attached hydrogen (secondary N) is 1. The lowest BCUT2D eigenvalue weighted by Crippen LogP contribution is -2.44. The van der Waals surface area contributed by atoms with Crippen LogP contribution in [0.2, 0.25) is 5.02 Å². The van der Waals surface area contributed by atoms with E-state index in [1.807, 2.05) is 19.1 Å². The number of amides is 3. The van der Waals surface area contributed by atoms with Crippen LogP contribution in [0.25, 0.3) is 0 Å². The normalized spacial score (nSPS) is 40.0. The average Bonchev–Trinajstić information content (AvgIpc) is 3.54. The Morgan fingerprint density at radius 1 is 1.00 bits per heavy atom. The number of nitrogens with zero attached hydrogens (tertiary/aromatic N) is 1. The van der Waals surface area contributed by atoms with E-state index in [-0.39, 0.29) is 53.4 Å². The van der Waals surface area contributed by atoms with Gasteiger partial charge in [0.05, 0.1) is 11.8 Å². The molecule has 31 heavy (non-hydrogen) atoms. The molecule has 4 fully saturated rings. The highest BCUT2D eigenvalue weighted by atomic mass is 35.5. The molecule has 162 valence electrons. The Morgan fingerprint density at radius 3 is 2.19 bits per heavy atom. The fourth-order valence-electron chi connectivity index (χ4n) is 6.85. The fourth-order valence-corrected chi connectivity index (χ4v) is 7.03. The quantitative estimate of drug-likeness (QED) is 0.568. The Kier molecular flexibility index (Phi) is 4.37. The third kappa shape index (κ3) is 2.92. The molecule has 3 saturated carbocycles. The van der Waals surface area contributed by atoms with Crippen LogP contribution in [0, 0.1) is 48.3 Å². The summed E-state index contributed by atoms with van der Waals surface area (Å²) in [5, 5.41) is 3.61. The van der Waals surface area contributed by atoms with Gasteiger partial charge in [-0.1, -0.05) is 29.8 Å². The number of anilines is 1. The van der Waals surface area contributed by atoms with Crippen molar-refractivity contribution in [1.29, 1.82) is 0 Å². The molecule has 6 aliphatic rings. The van der Waals surface area contributed by atoms with E-state index in [9.17, 15) is 14.4 Å². The van der Waals surface area contributed by atoms with Gasteiger partial charge in [0, 0.05) is 22.7 Å². The molecule has 5 nitrogen and oxygen atoms in total. The Balaban J connectivity index is 1.11. The second-order valence-electron chi connectivity index (χ2n) is 10.2. The molecule has 0 unspecified atom stereocenters. The summed E-state index contributed by atoms with van der Waals surface area (Å²) in [6, 6.07) is 5.47. The lowest BCUT2D eigenvalue weighted by molar-refractivity contribution is -0.144. The van der Waals surface area contributed by atoms with Gasteiger partial charge < -0.3 is 5.32 Å². The molecule has 6 heteroatoms. The minimum absolute atomic E-state index is 0.00607. The number of carbonyl (C=O) groups is 3. The molecule has 3 amide bonds.